The fourth-order valence-electron chi connectivity index (χ4n) is 3.93. The molecular weight excluding hydrogens is 394 g/mol. The summed E-state index contributed by atoms with van der Waals surface area (Å²) >= 11 is 0. The topological polar surface area (TPSA) is 85.1 Å². The number of carbonyl (C=O) groups excluding carboxylic acids is 2. The summed E-state index contributed by atoms with van der Waals surface area (Å²) in [5.74, 6) is 0.752. The van der Waals surface area contributed by atoms with Gasteiger partial charge in [0.2, 0.25) is 5.91 Å². The molecule has 2 amide bonds. The number of aryl methyl sites for hydroxylation is 1. The van der Waals surface area contributed by atoms with E-state index in [0.717, 1.165) is 5.56 Å². The summed E-state index contributed by atoms with van der Waals surface area (Å²) < 4.78 is 11.2. The number of piperazine rings is 1. The van der Waals surface area contributed by atoms with E-state index in [4.69, 9.17) is 15.2 Å². The third kappa shape index (κ3) is 5.41. The molecule has 8 heteroatoms. The molecule has 1 unspecified atom stereocenters. The number of benzene rings is 1. The van der Waals surface area contributed by atoms with E-state index < -0.39 is 11.5 Å². The Morgan fingerprint density at radius 2 is 1.79 bits per heavy atom. The van der Waals surface area contributed by atoms with Crippen LogP contribution in [0.2, 0.25) is 0 Å². The van der Waals surface area contributed by atoms with Crippen LogP contribution in [-0.2, 0) is 14.3 Å². The molecule has 0 aromatic heterocycles. The fourth-order valence-corrected chi connectivity index (χ4v) is 3.93. The molecule has 0 bridgehead atoms. The minimum absolute atomic E-state index is 0. The lowest BCUT2D eigenvalue weighted by molar-refractivity contribution is -0.152. The highest BCUT2D eigenvalue weighted by Crippen LogP contribution is 2.32. The van der Waals surface area contributed by atoms with Crippen molar-refractivity contribution in [3.05, 3.63) is 29.8 Å². The Morgan fingerprint density at radius 3 is 2.38 bits per heavy atom. The molecule has 0 radical (unpaired) electrons. The number of hydrogen-bond acceptors (Lipinski definition) is 5. The lowest BCUT2D eigenvalue weighted by atomic mass is 9.78. The van der Waals surface area contributed by atoms with Gasteiger partial charge >= 0.3 is 0 Å². The van der Waals surface area contributed by atoms with Gasteiger partial charge < -0.3 is 25.0 Å². The van der Waals surface area contributed by atoms with Crippen molar-refractivity contribution < 1.29 is 19.1 Å². The highest BCUT2D eigenvalue weighted by atomic mass is 35.5. The summed E-state index contributed by atoms with van der Waals surface area (Å²) in [6.07, 6.45) is 0.779. The number of rotatable bonds is 5. The molecule has 2 heterocycles. The normalized spacial score (nSPS) is 19.8. The van der Waals surface area contributed by atoms with Gasteiger partial charge in [-0.2, -0.15) is 0 Å². The molecule has 2 saturated heterocycles. The first-order valence-electron chi connectivity index (χ1n) is 10.0. The Labute approximate surface area is 178 Å². The van der Waals surface area contributed by atoms with Crippen molar-refractivity contribution in [3.63, 3.8) is 0 Å². The molecule has 7 nitrogen and oxygen atoms in total. The molecule has 2 aliphatic rings. The van der Waals surface area contributed by atoms with E-state index in [1.807, 2.05) is 36.1 Å². The zero-order valence-electron chi connectivity index (χ0n) is 17.3. The van der Waals surface area contributed by atoms with Gasteiger partial charge in [-0.25, -0.2) is 0 Å². The highest BCUT2D eigenvalue weighted by molar-refractivity contribution is 5.85. The zero-order valence-corrected chi connectivity index (χ0v) is 18.1. The second-order valence-electron chi connectivity index (χ2n) is 7.79. The number of nitrogens with zero attached hydrogens (tertiary/aromatic N) is 2. The first-order valence-corrected chi connectivity index (χ1v) is 10.0. The van der Waals surface area contributed by atoms with Gasteiger partial charge in [-0.05, 0) is 44.4 Å². The summed E-state index contributed by atoms with van der Waals surface area (Å²) in [7, 11) is 0. The SMILES string of the molecule is Cc1cccc(OC(C)C(=O)N2CCN(C(=O)C3(CN)CCOCC3)CC2)c1.Cl. The van der Waals surface area contributed by atoms with Crippen molar-refractivity contribution in [2.75, 3.05) is 45.9 Å². The van der Waals surface area contributed by atoms with Crippen LogP contribution in [0.1, 0.15) is 25.3 Å². The van der Waals surface area contributed by atoms with Gasteiger partial charge in [-0.15, -0.1) is 12.4 Å². The number of carbonyl (C=O) groups is 2. The second kappa shape index (κ2) is 10.3. The molecule has 0 aliphatic carbocycles. The predicted molar refractivity (Wildman–Crippen MR) is 113 cm³/mol. The molecule has 2 fully saturated rings. The smallest absolute Gasteiger partial charge is 0.263 e. The van der Waals surface area contributed by atoms with Crippen LogP contribution in [-0.4, -0.2) is 73.7 Å². The van der Waals surface area contributed by atoms with Crippen LogP contribution in [0, 0.1) is 12.3 Å². The molecule has 1 atom stereocenters. The molecule has 162 valence electrons. The number of halogens is 1. The van der Waals surface area contributed by atoms with E-state index in [0.29, 0.717) is 64.5 Å². The molecule has 1 aromatic carbocycles. The maximum Gasteiger partial charge on any atom is 0.263 e. The summed E-state index contributed by atoms with van der Waals surface area (Å²) in [5, 5.41) is 0. The second-order valence-corrected chi connectivity index (χ2v) is 7.79. The van der Waals surface area contributed by atoms with E-state index in [1.165, 1.54) is 0 Å². The van der Waals surface area contributed by atoms with E-state index in [9.17, 15) is 9.59 Å². The van der Waals surface area contributed by atoms with Gasteiger partial charge in [0.25, 0.3) is 5.91 Å². The Hall–Kier alpha value is -1.83. The lowest BCUT2D eigenvalue weighted by Gasteiger charge is -2.42. The maximum atomic E-state index is 13.1. The lowest BCUT2D eigenvalue weighted by Crippen LogP contribution is -2.58. The molecule has 2 aliphatic heterocycles. The minimum Gasteiger partial charge on any atom is -0.481 e. The Kier molecular flexibility index (Phi) is 8.31. The molecule has 1 aromatic rings. The predicted octanol–water partition coefficient (Wildman–Crippen LogP) is 1.61. The zero-order chi connectivity index (χ0) is 20.1. The van der Waals surface area contributed by atoms with Gasteiger partial charge in [0.15, 0.2) is 6.10 Å². The van der Waals surface area contributed by atoms with Crippen LogP contribution in [0.4, 0.5) is 0 Å². The number of hydrogen-bond donors (Lipinski definition) is 1. The first kappa shape index (κ1) is 23.4. The fraction of sp³-hybridized carbons (Fsp3) is 0.619. The van der Waals surface area contributed by atoms with Crippen LogP contribution in [0.5, 0.6) is 5.75 Å². The van der Waals surface area contributed by atoms with Crippen LogP contribution in [0.3, 0.4) is 0 Å². The first-order chi connectivity index (χ1) is 13.4. The molecule has 0 saturated carbocycles. The van der Waals surface area contributed by atoms with Crippen LogP contribution >= 0.6 is 12.4 Å². The average Bonchev–Trinajstić information content (AvgIpc) is 2.73. The third-order valence-corrected chi connectivity index (χ3v) is 5.82. The van der Waals surface area contributed by atoms with Crippen LogP contribution in [0.25, 0.3) is 0 Å². The largest absolute Gasteiger partial charge is 0.481 e. The van der Waals surface area contributed by atoms with Crippen LogP contribution < -0.4 is 10.5 Å². The van der Waals surface area contributed by atoms with Gasteiger partial charge in [-0.1, -0.05) is 12.1 Å². The highest BCUT2D eigenvalue weighted by Gasteiger charge is 2.42. The Bertz CT molecular complexity index is 701. The van der Waals surface area contributed by atoms with Gasteiger partial charge in [-0.3, -0.25) is 9.59 Å². The van der Waals surface area contributed by atoms with Crippen LogP contribution in [0.15, 0.2) is 24.3 Å². The summed E-state index contributed by atoms with van der Waals surface area (Å²) in [6, 6.07) is 7.67. The van der Waals surface area contributed by atoms with Crippen molar-refractivity contribution in [1.82, 2.24) is 9.80 Å². The molecule has 0 spiro atoms. The van der Waals surface area contributed by atoms with Crippen molar-refractivity contribution in [1.29, 1.82) is 0 Å². The molecule has 3 rings (SSSR count). The van der Waals surface area contributed by atoms with Gasteiger partial charge in [0.1, 0.15) is 5.75 Å². The van der Waals surface area contributed by atoms with E-state index in [2.05, 4.69) is 0 Å². The quantitative estimate of drug-likeness (QED) is 0.774. The average molecular weight is 426 g/mol. The summed E-state index contributed by atoms with van der Waals surface area (Å²) in [6.45, 7) is 7.36. The molecule has 2 N–H and O–H groups in total. The van der Waals surface area contributed by atoms with E-state index in [-0.39, 0.29) is 24.2 Å². The summed E-state index contributed by atoms with van der Waals surface area (Å²) in [5.41, 5.74) is 6.54. The Balaban J connectivity index is 0.00000300. The van der Waals surface area contributed by atoms with Gasteiger partial charge in [0.05, 0.1) is 5.41 Å². The molecule has 29 heavy (non-hydrogen) atoms. The van der Waals surface area contributed by atoms with Gasteiger partial charge in [0, 0.05) is 45.9 Å². The van der Waals surface area contributed by atoms with Crippen molar-refractivity contribution in [2.45, 2.75) is 32.8 Å². The van der Waals surface area contributed by atoms with E-state index >= 15 is 0 Å². The monoisotopic (exact) mass is 425 g/mol. The van der Waals surface area contributed by atoms with Crippen molar-refractivity contribution in [3.8, 4) is 5.75 Å². The Morgan fingerprint density at radius 1 is 1.17 bits per heavy atom. The maximum absolute atomic E-state index is 13.1. The van der Waals surface area contributed by atoms with E-state index in [1.54, 1.807) is 11.8 Å². The summed E-state index contributed by atoms with van der Waals surface area (Å²) in [4.78, 5) is 29.4. The van der Waals surface area contributed by atoms with Crippen molar-refractivity contribution in [2.24, 2.45) is 11.1 Å². The number of ether oxygens (including phenoxy) is 2. The standard InChI is InChI=1S/C21H31N3O4.ClH/c1-16-4-3-5-18(14-16)28-17(2)19(25)23-8-10-24(11-9-23)20(26)21(15-22)6-12-27-13-7-21;/h3-5,14,17H,6-13,15,22H2,1-2H3;1H. The third-order valence-electron chi connectivity index (χ3n) is 5.82. The van der Waals surface area contributed by atoms with Crippen molar-refractivity contribution >= 4 is 24.2 Å². The molecular formula is C21H32ClN3O4. The number of nitrogens with two attached hydrogens (primary N) is 1. The minimum atomic E-state index is -0.560. The number of amides is 2.